The second-order valence-electron chi connectivity index (χ2n) is 6.28. The molecule has 3 heteroatoms. The van der Waals surface area contributed by atoms with Gasteiger partial charge in [0.05, 0.1) is 5.69 Å². The molecule has 0 aliphatic heterocycles. The van der Waals surface area contributed by atoms with Gasteiger partial charge in [-0.3, -0.25) is 0 Å². The van der Waals surface area contributed by atoms with E-state index in [1.807, 2.05) is 11.3 Å². The maximum absolute atomic E-state index is 4.91. The molecule has 0 saturated heterocycles. The van der Waals surface area contributed by atoms with Crippen LogP contribution in [-0.2, 0) is 12.8 Å². The minimum atomic E-state index is 0.633. The SMILES string of the molecule is Brc1cccc(-c2nc3c(s2)CC2(CCCC2)CC3)c1. The number of benzene rings is 1. The zero-order chi connectivity index (χ0) is 13.6. The molecule has 1 fully saturated rings. The molecule has 0 atom stereocenters. The van der Waals surface area contributed by atoms with Gasteiger partial charge in [0.2, 0.25) is 0 Å². The summed E-state index contributed by atoms with van der Waals surface area (Å²) in [6.07, 6.45) is 9.60. The number of fused-ring (bicyclic) bond motifs is 1. The molecule has 0 bridgehead atoms. The molecule has 0 unspecified atom stereocenters. The number of hydrogen-bond acceptors (Lipinski definition) is 2. The summed E-state index contributed by atoms with van der Waals surface area (Å²) in [5.41, 5.74) is 3.26. The number of halogens is 1. The van der Waals surface area contributed by atoms with E-state index in [1.165, 1.54) is 61.2 Å². The Morgan fingerprint density at radius 3 is 2.80 bits per heavy atom. The highest BCUT2D eigenvalue weighted by Gasteiger charge is 2.38. The molecule has 0 radical (unpaired) electrons. The Hall–Kier alpha value is -0.670. The van der Waals surface area contributed by atoms with E-state index < -0.39 is 0 Å². The van der Waals surface area contributed by atoms with E-state index in [-0.39, 0.29) is 0 Å². The van der Waals surface area contributed by atoms with Crippen molar-refractivity contribution in [1.29, 1.82) is 0 Å². The van der Waals surface area contributed by atoms with Crippen LogP contribution in [0, 0.1) is 5.41 Å². The van der Waals surface area contributed by atoms with Gasteiger partial charge in [0.25, 0.3) is 0 Å². The number of hydrogen-bond donors (Lipinski definition) is 0. The first kappa shape index (κ1) is 13.0. The van der Waals surface area contributed by atoms with Crippen LogP contribution in [0.4, 0.5) is 0 Å². The number of aryl methyl sites for hydroxylation is 1. The van der Waals surface area contributed by atoms with Crippen LogP contribution < -0.4 is 0 Å². The summed E-state index contributed by atoms with van der Waals surface area (Å²) in [7, 11) is 0. The van der Waals surface area contributed by atoms with Crippen LogP contribution in [0.3, 0.4) is 0 Å². The van der Waals surface area contributed by atoms with E-state index >= 15 is 0 Å². The van der Waals surface area contributed by atoms with E-state index in [2.05, 4.69) is 40.2 Å². The third-order valence-electron chi connectivity index (χ3n) is 4.94. The molecule has 2 aliphatic rings. The number of nitrogens with zero attached hydrogens (tertiary/aromatic N) is 1. The summed E-state index contributed by atoms with van der Waals surface area (Å²) >= 11 is 5.48. The lowest BCUT2D eigenvalue weighted by molar-refractivity contribution is 0.256. The smallest absolute Gasteiger partial charge is 0.123 e. The van der Waals surface area contributed by atoms with E-state index in [1.54, 1.807) is 4.88 Å². The summed E-state index contributed by atoms with van der Waals surface area (Å²) < 4.78 is 1.13. The molecule has 4 rings (SSSR count). The van der Waals surface area contributed by atoms with Crippen molar-refractivity contribution in [3.05, 3.63) is 39.3 Å². The lowest BCUT2D eigenvalue weighted by Gasteiger charge is -2.32. The highest BCUT2D eigenvalue weighted by molar-refractivity contribution is 9.10. The molecule has 2 aliphatic carbocycles. The highest BCUT2D eigenvalue weighted by atomic mass is 79.9. The second-order valence-corrected chi connectivity index (χ2v) is 8.28. The molecule has 1 aromatic heterocycles. The zero-order valence-electron chi connectivity index (χ0n) is 11.5. The minimum absolute atomic E-state index is 0.633. The van der Waals surface area contributed by atoms with Crippen molar-refractivity contribution in [2.24, 2.45) is 5.41 Å². The Bertz CT molecular complexity index is 640. The molecule has 20 heavy (non-hydrogen) atoms. The van der Waals surface area contributed by atoms with Gasteiger partial charge < -0.3 is 0 Å². The van der Waals surface area contributed by atoms with Gasteiger partial charge in [0.15, 0.2) is 0 Å². The largest absolute Gasteiger partial charge is 0.241 e. The van der Waals surface area contributed by atoms with Crippen LogP contribution in [0.25, 0.3) is 10.6 Å². The van der Waals surface area contributed by atoms with Gasteiger partial charge in [-0.05, 0) is 49.7 Å². The van der Waals surface area contributed by atoms with Gasteiger partial charge in [-0.1, -0.05) is 40.9 Å². The van der Waals surface area contributed by atoms with Crippen molar-refractivity contribution in [2.75, 3.05) is 0 Å². The van der Waals surface area contributed by atoms with Gasteiger partial charge in [-0.2, -0.15) is 0 Å². The van der Waals surface area contributed by atoms with Crippen molar-refractivity contribution in [2.45, 2.75) is 44.9 Å². The lowest BCUT2D eigenvalue weighted by Crippen LogP contribution is -2.24. The average molecular weight is 348 g/mol. The standard InChI is InChI=1S/C17H18BrNS/c18-13-5-3-4-12(10-13)16-19-14-6-9-17(7-1-2-8-17)11-15(14)20-16/h3-5,10H,1-2,6-9,11H2. The minimum Gasteiger partial charge on any atom is -0.241 e. The van der Waals surface area contributed by atoms with E-state index in [4.69, 9.17) is 4.98 Å². The fourth-order valence-corrected chi connectivity index (χ4v) is 5.50. The quantitative estimate of drug-likeness (QED) is 0.652. The Kier molecular flexibility index (Phi) is 3.23. The van der Waals surface area contributed by atoms with Gasteiger partial charge in [0.1, 0.15) is 5.01 Å². The van der Waals surface area contributed by atoms with E-state index in [0.29, 0.717) is 5.41 Å². The predicted molar refractivity (Wildman–Crippen MR) is 88.2 cm³/mol. The molecule has 104 valence electrons. The van der Waals surface area contributed by atoms with Crippen LogP contribution in [-0.4, -0.2) is 4.98 Å². The summed E-state index contributed by atoms with van der Waals surface area (Å²) in [6, 6.07) is 8.51. The van der Waals surface area contributed by atoms with E-state index in [0.717, 1.165) is 4.47 Å². The highest BCUT2D eigenvalue weighted by Crippen LogP contribution is 2.49. The maximum atomic E-state index is 4.91. The Labute approximate surface area is 132 Å². The van der Waals surface area contributed by atoms with Crippen molar-refractivity contribution in [3.63, 3.8) is 0 Å². The van der Waals surface area contributed by atoms with Gasteiger partial charge in [-0.15, -0.1) is 11.3 Å². The molecular weight excluding hydrogens is 330 g/mol. The first-order valence-electron chi connectivity index (χ1n) is 7.49. The summed E-state index contributed by atoms with van der Waals surface area (Å²) in [4.78, 5) is 6.48. The molecule has 2 aromatic rings. The van der Waals surface area contributed by atoms with Crippen molar-refractivity contribution < 1.29 is 0 Å². The van der Waals surface area contributed by atoms with Crippen molar-refractivity contribution in [3.8, 4) is 10.6 Å². The maximum Gasteiger partial charge on any atom is 0.123 e. The van der Waals surface area contributed by atoms with Crippen LogP contribution in [0.15, 0.2) is 28.7 Å². The average Bonchev–Trinajstić information content (AvgIpc) is 3.06. The van der Waals surface area contributed by atoms with Crippen LogP contribution >= 0.6 is 27.3 Å². The van der Waals surface area contributed by atoms with Crippen LogP contribution in [0.2, 0.25) is 0 Å². The monoisotopic (exact) mass is 347 g/mol. The third-order valence-corrected chi connectivity index (χ3v) is 6.58. The lowest BCUT2D eigenvalue weighted by atomic mass is 9.74. The van der Waals surface area contributed by atoms with Crippen LogP contribution in [0.5, 0.6) is 0 Å². The molecule has 1 nitrogen and oxygen atoms in total. The third kappa shape index (κ3) is 2.25. The normalized spacial score (nSPS) is 20.2. The Morgan fingerprint density at radius 2 is 2.00 bits per heavy atom. The first-order chi connectivity index (χ1) is 9.74. The Balaban J connectivity index is 1.68. The number of rotatable bonds is 1. The molecule has 0 N–H and O–H groups in total. The van der Waals surface area contributed by atoms with Gasteiger partial charge >= 0.3 is 0 Å². The molecule has 0 amide bonds. The summed E-state index contributed by atoms with van der Waals surface area (Å²) in [5.74, 6) is 0. The summed E-state index contributed by atoms with van der Waals surface area (Å²) in [5, 5.41) is 1.20. The predicted octanol–water partition coefficient (Wildman–Crippen LogP) is 5.62. The number of aromatic nitrogens is 1. The molecule has 1 heterocycles. The second kappa shape index (κ2) is 4.96. The van der Waals surface area contributed by atoms with Crippen molar-refractivity contribution in [1.82, 2.24) is 4.98 Å². The molecule has 1 aromatic carbocycles. The topological polar surface area (TPSA) is 12.9 Å². The van der Waals surface area contributed by atoms with E-state index in [9.17, 15) is 0 Å². The molecular formula is C17H18BrNS. The Morgan fingerprint density at radius 1 is 1.15 bits per heavy atom. The van der Waals surface area contributed by atoms with Gasteiger partial charge in [-0.25, -0.2) is 4.98 Å². The van der Waals surface area contributed by atoms with Gasteiger partial charge in [0, 0.05) is 14.9 Å². The summed E-state index contributed by atoms with van der Waals surface area (Å²) in [6.45, 7) is 0. The zero-order valence-corrected chi connectivity index (χ0v) is 13.9. The van der Waals surface area contributed by atoms with Crippen LogP contribution in [0.1, 0.15) is 42.7 Å². The number of thiazole rings is 1. The van der Waals surface area contributed by atoms with Crippen molar-refractivity contribution >= 4 is 27.3 Å². The fraction of sp³-hybridized carbons (Fsp3) is 0.471. The first-order valence-corrected chi connectivity index (χ1v) is 9.10. The molecule has 1 spiro atoms. The fourth-order valence-electron chi connectivity index (χ4n) is 3.83. The molecule has 1 saturated carbocycles.